The van der Waals surface area contributed by atoms with Gasteiger partial charge in [0.2, 0.25) is 0 Å². The highest BCUT2D eigenvalue weighted by atomic mass is 35.5. The van der Waals surface area contributed by atoms with Crippen LogP contribution in [0.15, 0.2) is 76.3 Å². The molecule has 36 heavy (non-hydrogen) atoms. The summed E-state index contributed by atoms with van der Waals surface area (Å²) < 4.78 is 13.6. The average Bonchev–Trinajstić information content (AvgIpc) is 3.27. The minimum absolute atomic E-state index is 0.107. The van der Waals surface area contributed by atoms with Crippen LogP contribution in [-0.4, -0.2) is 16.1 Å². The summed E-state index contributed by atoms with van der Waals surface area (Å²) in [5, 5.41) is 16.8. The molecule has 10 heteroatoms. The van der Waals surface area contributed by atoms with Gasteiger partial charge in [-0.2, -0.15) is 5.10 Å². The van der Waals surface area contributed by atoms with Gasteiger partial charge in [-0.25, -0.2) is 4.39 Å². The molecule has 0 aliphatic heterocycles. The van der Waals surface area contributed by atoms with Gasteiger partial charge in [0.25, 0.3) is 16.8 Å². The highest BCUT2D eigenvalue weighted by molar-refractivity contribution is 6.31. The molecule has 0 bridgehead atoms. The van der Waals surface area contributed by atoms with E-state index >= 15 is 0 Å². The van der Waals surface area contributed by atoms with Gasteiger partial charge in [-0.15, -0.1) is 0 Å². The summed E-state index contributed by atoms with van der Waals surface area (Å²) in [6, 6.07) is 17.2. The number of anilines is 4. The lowest BCUT2D eigenvalue weighted by Gasteiger charge is -2.20. The molecule has 0 saturated carbocycles. The molecule has 0 saturated heterocycles. The summed E-state index contributed by atoms with van der Waals surface area (Å²) in [5.74, 6) is -0.484. The summed E-state index contributed by atoms with van der Waals surface area (Å²) in [5.41, 5.74) is 1.09. The van der Waals surface area contributed by atoms with E-state index < -0.39 is 22.7 Å². The maximum absolute atomic E-state index is 13.6. The molecule has 0 fully saturated rings. The molecule has 8 nitrogen and oxygen atoms in total. The van der Waals surface area contributed by atoms with Gasteiger partial charge in [-0.05, 0) is 61.0 Å². The average molecular weight is 504 g/mol. The third-order valence-electron chi connectivity index (χ3n) is 5.77. The van der Waals surface area contributed by atoms with E-state index in [-0.39, 0.29) is 17.3 Å². The van der Waals surface area contributed by atoms with E-state index in [9.17, 15) is 18.8 Å². The maximum atomic E-state index is 13.6. The van der Waals surface area contributed by atoms with Crippen molar-refractivity contribution in [3.63, 3.8) is 0 Å². The molecule has 1 atom stereocenters. The van der Waals surface area contributed by atoms with E-state index in [0.29, 0.717) is 38.6 Å². The minimum Gasteiger partial charge on any atom is -0.373 e. The molecule has 0 unspecified atom stereocenters. The number of nitrogens with one attached hydrogen (secondary N) is 4. The number of halogens is 2. The fourth-order valence-electron chi connectivity index (χ4n) is 3.87. The van der Waals surface area contributed by atoms with E-state index in [1.165, 1.54) is 12.1 Å². The Hall–Kier alpha value is -4.50. The van der Waals surface area contributed by atoms with Crippen molar-refractivity contribution in [2.45, 2.75) is 13.0 Å². The van der Waals surface area contributed by atoms with Gasteiger partial charge >= 0.3 is 0 Å². The number of aromatic amines is 1. The molecule has 180 valence electrons. The first kappa shape index (κ1) is 23.3. The Kier molecular flexibility index (Phi) is 5.99. The zero-order valence-corrected chi connectivity index (χ0v) is 19.6. The first-order chi connectivity index (χ1) is 17.3. The van der Waals surface area contributed by atoms with Crippen molar-refractivity contribution in [3.8, 4) is 0 Å². The predicted octanol–water partition coefficient (Wildman–Crippen LogP) is 5.12. The number of carbonyl (C=O) groups is 1. The Balaban J connectivity index is 1.38. The lowest BCUT2D eigenvalue weighted by Crippen LogP contribution is -2.37. The van der Waals surface area contributed by atoms with Crippen molar-refractivity contribution in [2.75, 3.05) is 16.0 Å². The Morgan fingerprint density at radius 2 is 1.78 bits per heavy atom. The normalized spacial score (nSPS) is 12.0. The van der Waals surface area contributed by atoms with Gasteiger partial charge in [0, 0.05) is 27.7 Å². The van der Waals surface area contributed by atoms with Crippen LogP contribution in [0.5, 0.6) is 0 Å². The summed E-state index contributed by atoms with van der Waals surface area (Å²) in [7, 11) is 0. The molecule has 1 heterocycles. The second kappa shape index (κ2) is 9.27. The lowest BCUT2D eigenvalue weighted by molar-refractivity contribution is 0.102. The second-order valence-corrected chi connectivity index (χ2v) is 8.69. The third kappa shape index (κ3) is 4.44. The Bertz CT molecular complexity index is 1690. The molecule has 5 rings (SSSR count). The van der Waals surface area contributed by atoms with Crippen LogP contribution < -0.4 is 26.8 Å². The Morgan fingerprint density at radius 1 is 1.00 bits per heavy atom. The second-order valence-electron chi connectivity index (χ2n) is 8.25. The summed E-state index contributed by atoms with van der Waals surface area (Å²) in [6.45, 7) is 1.77. The zero-order valence-electron chi connectivity index (χ0n) is 18.9. The topological polar surface area (TPSA) is 116 Å². The molecule has 5 aromatic rings. The van der Waals surface area contributed by atoms with Gasteiger partial charge < -0.3 is 16.0 Å². The Labute approximate surface area is 208 Å². The number of carbonyl (C=O) groups excluding carboxylic acids is 1. The van der Waals surface area contributed by atoms with Gasteiger partial charge in [0.1, 0.15) is 17.2 Å². The van der Waals surface area contributed by atoms with Crippen molar-refractivity contribution in [1.29, 1.82) is 0 Å². The molecular weight excluding hydrogens is 485 g/mol. The third-order valence-corrected chi connectivity index (χ3v) is 6.01. The fourth-order valence-corrected chi connectivity index (χ4v) is 4.06. The quantitative estimate of drug-likeness (QED) is 0.229. The summed E-state index contributed by atoms with van der Waals surface area (Å²) in [4.78, 5) is 37.2. The number of rotatable bonds is 7. The molecule has 0 aliphatic carbocycles. The standard InChI is InChI=1S/C26H19ClFN5O3/c1-13(14-4-3-7-17(28)11-14)29-21-22(24(35)23(21)34)30-18-8-9-20-19(12-18)25(33-32-20)31-26(36)15-5-2-6-16(27)10-15/h2-13,29-30H,1H3,(H2,31,32,33,36)/t13-/m1/s1. The van der Waals surface area contributed by atoms with E-state index in [1.807, 2.05) is 0 Å². The first-order valence-corrected chi connectivity index (χ1v) is 11.4. The van der Waals surface area contributed by atoms with Crippen molar-refractivity contribution in [3.05, 3.63) is 109 Å². The molecule has 1 amide bonds. The van der Waals surface area contributed by atoms with Crippen LogP contribution in [0.4, 0.5) is 27.3 Å². The maximum Gasteiger partial charge on any atom is 0.256 e. The van der Waals surface area contributed by atoms with E-state index in [1.54, 1.807) is 61.5 Å². The van der Waals surface area contributed by atoms with Crippen LogP contribution in [0, 0.1) is 5.82 Å². The van der Waals surface area contributed by atoms with Gasteiger partial charge in [-0.3, -0.25) is 19.5 Å². The van der Waals surface area contributed by atoms with Crippen LogP contribution in [0.1, 0.15) is 28.9 Å². The van der Waals surface area contributed by atoms with Crippen LogP contribution in [0.25, 0.3) is 10.9 Å². The molecule has 0 aliphatic rings. The van der Waals surface area contributed by atoms with E-state index in [2.05, 4.69) is 26.1 Å². The van der Waals surface area contributed by atoms with Crippen molar-refractivity contribution in [2.24, 2.45) is 0 Å². The number of benzene rings is 3. The first-order valence-electron chi connectivity index (χ1n) is 11.0. The monoisotopic (exact) mass is 503 g/mol. The number of amides is 1. The number of nitrogens with zero attached hydrogens (tertiary/aromatic N) is 1. The van der Waals surface area contributed by atoms with Gasteiger partial charge in [-0.1, -0.05) is 29.8 Å². The van der Waals surface area contributed by atoms with E-state index in [4.69, 9.17) is 11.6 Å². The smallest absolute Gasteiger partial charge is 0.256 e. The van der Waals surface area contributed by atoms with Crippen LogP contribution in [0.3, 0.4) is 0 Å². The summed E-state index contributed by atoms with van der Waals surface area (Å²) >= 11 is 5.97. The number of aromatic nitrogens is 2. The van der Waals surface area contributed by atoms with Crippen molar-refractivity contribution < 1.29 is 9.18 Å². The van der Waals surface area contributed by atoms with Crippen LogP contribution >= 0.6 is 11.6 Å². The number of hydrogen-bond donors (Lipinski definition) is 4. The molecule has 0 spiro atoms. The lowest BCUT2D eigenvalue weighted by atomic mass is 10.1. The molecule has 4 aromatic carbocycles. The highest BCUT2D eigenvalue weighted by Crippen LogP contribution is 2.29. The predicted molar refractivity (Wildman–Crippen MR) is 139 cm³/mol. The number of H-pyrrole nitrogens is 1. The molecule has 1 aromatic heterocycles. The summed E-state index contributed by atoms with van der Waals surface area (Å²) in [6.07, 6.45) is 0. The number of fused-ring (bicyclic) bond motifs is 1. The van der Waals surface area contributed by atoms with Crippen LogP contribution in [0.2, 0.25) is 5.02 Å². The molecular formula is C26H19ClFN5O3. The fraction of sp³-hybridized carbons (Fsp3) is 0.0769. The van der Waals surface area contributed by atoms with Crippen molar-refractivity contribution in [1.82, 2.24) is 10.2 Å². The molecule has 4 N–H and O–H groups in total. The van der Waals surface area contributed by atoms with E-state index in [0.717, 1.165) is 0 Å². The Morgan fingerprint density at radius 3 is 2.56 bits per heavy atom. The minimum atomic E-state index is -0.661. The van der Waals surface area contributed by atoms with Gasteiger partial charge in [0.05, 0.1) is 5.52 Å². The van der Waals surface area contributed by atoms with Crippen molar-refractivity contribution >= 4 is 51.3 Å². The molecule has 0 radical (unpaired) electrons. The SMILES string of the molecule is C[C@@H](Nc1c(Nc2ccc3[nH]nc(NC(=O)c4cccc(Cl)c4)c3c2)c(=O)c1=O)c1cccc(F)c1. The zero-order chi connectivity index (χ0) is 25.4. The van der Waals surface area contributed by atoms with Gasteiger partial charge in [0.15, 0.2) is 5.82 Å². The number of hydrogen-bond acceptors (Lipinski definition) is 6. The largest absolute Gasteiger partial charge is 0.373 e. The highest BCUT2D eigenvalue weighted by Gasteiger charge is 2.23. The van der Waals surface area contributed by atoms with Crippen LogP contribution in [-0.2, 0) is 0 Å².